The van der Waals surface area contributed by atoms with Crippen LogP contribution in [0.15, 0.2) is 27.1 Å². The molecule has 1 aromatic carbocycles. The van der Waals surface area contributed by atoms with E-state index in [9.17, 15) is 9.90 Å². The van der Waals surface area contributed by atoms with Crippen molar-refractivity contribution < 1.29 is 9.90 Å². The van der Waals surface area contributed by atoms with Crippen LogP contribution in [0.2, 0.25) is 0 Å². The number of carboxylic acids is 1. The summed E-state index contributed by atoms with van der Waals surface area (Å²) in [5.41, 5.74) is 1.07. The zero-order valence-electron chi connectivity index (χ0n) is 11.9. The molecule has 3 nitrogen and oxygen atoms in total. The number of carbonyl (C=O) groups is 1. The van der Waals surface area contributed by atoms with E-state index in [4.69, 9.17) is 0 Å². The van der Waals surface area contributed by atoms with Crippen LogP contribution in [-0.4, -0.2) is 34.6 Å². The maximum Gasteiger partial charge on any atom is 0.308 e. The van der Waals surface area contributed by atoms with Crippen LogP contribution >= 0.6 is 31.9 Å². The normalized spacial score (nSPS) is 24.1. The van der Waals surface area contributed by atoms with Crippen molar-refractivity contribution in [3.8, 4) is 0 Å². The Morgan fingerprint density at radius 3 is 2.20 bits per heavy atom. The lowest BCUT2D eigenvalue weighted by Gasteiger charge is -2.31. The van der Waals surface area contributed by atoms with Crippen molar-refractivity contribution in [2.75, 3.05) is 13.1 Å². The van der Waals surface area contributed by atoms with Crippen LogP contribution < -0.4 is 0 Å². The predicted octanol–water partition coefficient (Wildman–Crippen LogP) is 4.11. The summed E-state index contributed by atoms with van der Waals surface area (Å²) in [5, 5.41) is 9.52. The molecule has 1 aliphatic heterocycles. The van der Waals surface area contributed by atoms with Crippen LogP contribution in [-0.2, 0) is 4.79 Å². The molecule has 1 fully saturated rings. The molecule has 0 radical (unpaired) electrons. The summed E-state index contributed by atoms with van der Waals surface area (Å²) in [6.07, 6.45) is 0. The Morgan fingerprint density at radius 1 is 1.20 bits per heavy atom. The lowest BCUT2D eigenvalue weighted by atomic mass is 9.89. The third-order valence-electron chi connectivity index (χ3n) is 3.90. The highest BCUT2D eigenvalue weighted by Crippen LogP contribution is 2.38. The van der Waals surface area contributed by atoms with Crippen molar-refractivity contribution in [2.24, 2.45) is 5.92 Å². The highest BCUT2D eigenvalue weighted by Gasteiger charge is 2.42. The van der Waals surface area contributed by atoms with Gasteiger partial charge in [-0.3, -0.25) is 9.69 Å². The van der Waals surface area contributed by atoms with E-state index in [1.54, 1.807) is 0 Å². The molecular formula is C15H19Br2NO2. The average molecular weight is 405 g/mol. The number of halogens is 2. The van der Waals surface area contributed by atoms with Crippen LogP contribution in [0, 0.1) is 5.92 Å². The summed E-state index contributed by atoms with van der Waals surface area (Å²) in [5.74, 6) is -1.03. The number of aliphatic carboxylic acids is 1. The molecule has 1 N–H and O–H groups in total. The van der Waals surface area contributed by atoms with Gasteiger partial charge in [0.25, 0.3) is 0 Å². The minimum Gasteiger partial charge on any atom is -0.481 e. The van der Waals surface area contributed by atoms with Gasteiger partial charge in [0.05, 0.1) is 5.92 Å². The fourth-order valence-corrected chi connectivity index (χ4v) is 4.06. The second-order valence-corrected chi connectivity index (χ2v) is 8.16. The number of carboxylic acid groups (broad SMARTS) is 1. The van der Waals surface area contributed by atoms with Crippen molar-refractivity contribution in [3.63, 3.8) is 0 Å². The summed E-state index contributed by atoms with van der Waals surface area (Å²) in [6.45, 7) is 7.78. The molecule has 1 aliphatic rings. The van der Waals surface area contributed by atoms with E-state index in [-0.39, 0.29) is 17.4 Å². The first-order valence-electron chi connectivity index (χ1n) is 6.62. The zero-order chi connectivity index (χ0) is 15.1. The maximum atomic E-state index is 11.6. The molecule has 2 rings (SSSR count). The van der Waals surface area contributed by atoms with Crippen LogP contribution in [0.25, 0.3) is 0 Å². The Bertz CT molecular complexity index is 505. The summed E-state index contributed by atoms with van der Waals surface area (Å²) in [7, 11) is 0. The van der Waals surface area contributed by atoms with Gasteiger partial charge < -0.3 is 5.11 Å². The van der Waals surface area contributed by atoms with E-state index in [0.717, 1.165) is 21.1 Å². The van der Waals surface area contributed by atoms with Crippen molar-refractivity contribution in [1.82, 2.24) is 4.90 Å². The van der Waals surface area contributed by atoms with Gasteiger partial charge in [-0.15, -0.1) is 0 Å². The molecule has 5 heteroatoms. The van der Waals surface area contributed by atoms with Crippen LogP contribution in [0.1, 0.15) is 32.3 Å². The standard InChI is InChI=1S/C15H19Br2NO2/c1-15(2,3)18-7-12(13(8-18)14(19)20)9-4-10(16)6-11(17)5-9/h4-6,12-13H,7-8H2,1-3H3,(H,19,20)/t12-,13+/m0/s1. The highest BCUT2D eigenvalue weighted by atomic mass is 79.9. The van der Waals surface area contributed by atoms with Gasteiger partial charge in [0.1, 0.15) is 0 Å². The number of nitrogens with zero attached hydrogens (tertiary/aromatic N) is 1. The van der Waals surface area contributed by atoms with E-state index < -0.39 is 5.97 Å². The molecule has 0 aliphatic carbocycles. The van der Waals surface area contributed by atoms with Gasteiger partial charge in [-0.05, 0) is 44.5 Å². The van der Waals surface area contributed by atoms with Gasteiger partial charge in [0.2, 0.25) is 0 Å². The van der Waals surface area contributed by atoms with Crippen LogP contribution in [0.5, 0.6) is 0 Å². The number of rotatable bonds is 2. The summed E-state index contributed by atoms with van der Waals surface area (Å²) >= 11 is 6.96. The van der Waals surface area contributed by atoms with Crippen LogP contribution in [0.4, 0.5) is 0 Å². The molecule has 2 atom stereocenters. The maximum absolute atomic E-state index is 11.6. The SMILES string of the molecule is CC(C)(C)N1C[C@@H](C(=O)O)[C@H](c2cc(Br)cc(Br)c2)C1. The van der Waals surface area contributed by atoms with Crippen molar-refractivity contribution >= 4 is 37.8 Å². The number of hydrogen-bond donors (Lipinski definition) is 1. The third kappa shape index (κ3) is 3.43. The second kappa shape index (κ2) is 5.78. The second-order valence-electron chi connectivity index (χ2n) is 6.33. The first-order valence-corrected chi connectivity index (χ1v) is 8.21. The Hall–Kier alpha value is -0.390. The van der Waals surface area contributed by atoms with E-state index in [1.165, 1.54) is 0 Å². The quantitative estimate of drug-likeness (QED) is 0.806. The molecule has 0 spiro atoms. The lowest BCUT2D eigenvalue weighted by molar-refractivity contribution is -0.141. The van der Waals surface area contributed by atoms with Crippen molar-refractivity contribution in [3.05, 3.63) is 32.7 Å². The molecular weight excluding hydrogens is 386 g/mol. The fourth-order valence-electron chi connectivity index (χ4n) is 2.73. The monoisotopic (exact) mass is 403 g/mol. The smallest absolute Gasteiger partial charge is 0.308 e. The third-order valence-corrected chi connectivity index (χ3v) is 4.81. The zero-order valence-corrected chi connectivity index (χ0v) is 15.0. The molecule has 0 saturated carbocycles. The van der Waals surface area contributed by atoms with Crippen LogP contribution in [0.3, 0.4) is 0 Å². The largest absolute Gasteiger partial charge is 0.481 e. The Labute approximate surface area is 136 Å². The van der Waals surface area contributed by atoms with Crippen molar-refractivity contribution in [1.29, 1.82) is 0 Å². The Balaban J connectivity index is 2.35. The first-order chi connectivity index (χ1) is 9.18. The highest BCUT2D eigenvalue weighted by molar-refractivity contribution is 9.11. The summed E-state index contributed by atoms with van der Waals surface area (Å²) < 4.78 is 1.94. The molecule has 1 heterocycles. The first kappa shape index (κ1) is 16.0. The minimum atomic E-state index is -0.710. The molecule has 1 saturated heterocycles. The number of hydrogen-bond acceptors (Lipinski definition) is 2. The number of likely N-dealkylation sites (tertiary alicyclic amines) is 1. The summed E-state index contributed by atoms with van der Waals surface area (Å²) in [6, 6.07) is 6.02. The average Bonchev–Trinajstić information content (AvgIpc) is 2.71. The van der Waals surface area contributed by atoms with Gasteiger partial charge >= 0.3 is 5.97 Å². The van der Waals surface area contributed by atoms with Gasteiger partial charge in [-0.2, -0.15) is 0 Å². The molecule has 110 valence electrons. The molecule has 0 amide bonds. The minimum absolute atomic E-state index is 0.00824. The molecule has 0 bridgehead atoms. The predicted molar refractivity (Wildman–Crippen MR) is 87.0 cm³/mol. The van der Waals surface area contributed by atoms with Gasteiger partial charge in [0, 0.05) is 33.5 Å². The summed E-state index contributed by atoms with van der Waals surface area (Å²) in [4.78, 5) is 13.8. The van der Waals surface area contributed by atoms with Gasteiger partial charge in [-0.1, -0.05) is 31.9 Å². The Kier molecular flexibility index (Phi) is 4.62. The van der Waals surface area contributed by atoms with Crippen molar-refractivity contribution in [2.45, 2.75) is 32.2 Å². The molecule has 20 heavy (non-hydrogen) atoms. The van der Waals surface area contributed by atoms with E-state index in [2.05, 4.69) is 57.5 Å². The Morgan fingerprint density at radius 2 is 1.75 bits per heavy atom. The van der Waals surface area contributed by atoms with E-state index >= 15 is 0 Å². The molecule has 0 aromatic heterocycles. The van der Waals surface area contributed by atoms with Gasteiger partial charge in [0.15, 0.2) is 0 Å². The lowest BCUT2D eigenvalue weighted by Crippen LogP contribution is -2.40. The molecule has 1 aromatic rings. The number of benzene rings is 1. The van der Waals surface area contributed by atoms with E-state index in [0.29, 0.717) is 6.54 Å². The molecule has 0 unspecified atom stereocenters. The topological polar surface area (TPSA) is 40.5 Å². The van der Waals surface area contributed by atoms with Gasteiger partial charge in [-0.25, -0.2) is 0 Å². The fraction of sp³-hybridized carbons (Fsp3) is 0.533. The van der Waals surface area contributed by atoms with E-state index in [1.807, 2.05) is 18.2 Å².